The maximum atomic E-state index is 13.1. The van der Waals surface area contributed by atoms with Crippen LogP contribution in [0.1, 0.15) is 57.8 Å². The molecule has 0 saturated carbocycles. The van der Waals surface area contributed by atoms with E-state index in [4.69, 9.17) is 11.5 Å². The third-order valence-corrected chi connectivity index (χ3v) is 6.35. The molecule has 5 atom stereocenters. The molecular weight excluding hydrogens is 530 g/mol. The zero-order chi connectivity index (χ0) is 30.1. The molecule has 0 radical (unpaired) electrons. The Morgan fingerprint density at radius 2 is 1.27 bits per heavy atom. The summed E-state index contributed by atoms with van der Waals surface area (Å²) in [5.41, 5.74) is 10.9. The lowest BCUT2D eigenvalue weighted by molar-refractivity contribution is -0.143. The topological polar surface area (TPSA) is 275 Å². The Morgan fingerprint density at radius 1 is 0.750 bits per heavy atom. The molecule has 12 N–H and O–H groups in total. The standard InChI is InChI=1S/C24H43N7O9/c25-9-3-1-6-15(21(36)29-16(24(39)40)7-2-4-10-26)28-22(37)17(12-19(33)34)30-23(38)18(13-32)31-20(35)14-8-5-11-27-14/h14-18,27,32H,1-13,25-26H2,(H,28,37)(H,29,36)(H,30,38)(H,31,35)(H,33,34)(H,39,40)/t14-,15-,16-,17-,18-/m0/s1. The second-order valence-electron chi connectivity index (χ2n) is 9.58. The molecule has 0 aromatic carbocycles. The van der Waals surface area contributed by atoms with Crippen LogP contribution in [0.15, 0.2) is 0 Å². The summed E-state index contributed by atoms with van der Waals surface area (Å²) in [4.78, 5) is 74.2. The van der Waals surface area contributed by atoms with Crippen molar-refractivity contribution in [3.63, 3.8) is 0 Å². The third kappa shape index (κ3) is 12.7. The van der Waals surface area contributed by atoms with Crippen molar-refractivity contribution in [3.8, 4) is 0 Å². The Morgan fingerprint density at radius 3 is 1.77 bits per heavy atom. The van der Waals surface area contributed by atoms with E-state index < -0.39 is 78.8 Å². The quantitative estimate of drug-likeness (QED) is 0.0635. The van der Waals surface area contributed by atoms with Gasteiger partial charge in [0, 0.05) is 0 Å². The van der Waals surface area contributed by atoms with Crippen LogP contribution in [0, 0.1) is 0 Å². The summed E-state index contributed by atoms with van der Waals surface area (Å²) in [6.07, 6.45) is 2.52. The summed E-state index contributed by atoms with van der Waals surface area (Å²) < 4.78 is 0. The summed E-state index contributed by atoms with van der Waals surface area (Å²) >= 11 is 0. The van der Waals surface area contributed by atoms with Gasteiger partial charge in [-0.05, 0) is 71.0 Å². The molecule has 0 aromatic rings. The van der Waals surface area contributed by atoms with Crippen molar-refractivity contribution < 1.29 is 44.1 Å². The van der Waals surface area contributed by atoms with Crippen molar-refractivity contribution in [3.05, 3.63) is 0 Å². The minimum absolute atomic E-state index is 0.0708. The first kappa shape index (κ1) is 34.7. The van der Waals surface area contributed by atoms with Crippen molar-refractivity contribution in [1.29, 1.82) is 0 Å². The molecule has 1 saturated heterocycles. The van der Waals surface area contributed by atoms with Crippen molar-refractivity contribution in [2.24, 2.45) is 11.5 Å². The second kappa shape index (κ2) is 18.9. The van der Waals surface area contributed by atoms with Crippen LogP contribution in [-0.2, 0) is 28.8 Å². The highest BCUT2D eigenvalue weighted by molar-refractivity contribution is 5.96. The average molecular weight is 574 g/mol. The predicted molar refractivity (Wildman–Crippen MR) is 142 cm³/mol. The number of aliphatic hydroxyl groups is 1. The van der Waals surface area contributed by atoms with Gasteiger partial charge in [0.25, 0.3) is 0 Å². The zero-order valence-corrected chi connectivity index (χ0v) is 22.5. The van der Waals surface area contributed by atoms with Gasteiger partial charge < -0.3 is 53.4 Å². The van der Waals surface area contributed by atoms with Crippen LogP contribution in [0.5, 0.6) is 0 Å². The highest BCUT2D eigenvalue weighted by Crippen LogP contribution is 2.08. The molecule has 16 heteroatoms. The highest BCUT2D eigenvalue weighted by atomic mass is 16.4. The maximum Gasteiger partial charge on any atom is 0.326 e. The molecule has 0 spiro atoms. The lowest BCUT2D eigenvalue weighted by atomic mass is 10.0. The number of hydrogen-bond donors (Lipinski definition) is 10. The molecule has 0 aromatic heterocycles. The van der Waals surface area contributed by atoms with Crippen LogP contribution in [0.25, 0.3) is 0 Å². The largest absolute Gasteiger partial charge is 0.481 e. The van der Waals surface area contributed by atoms with Gasteiger partial charge in [-0.25, -0.2) is 4.79 Å². The third-order valence-electron chi connectivity index (χ3n) is 6.35. The van der Waals surface area contributed by atoms with Crippen LogP contribution < -0.4 is 38.1 Å². The van der Waals surface area contributed by atoms with Gasteiger partial charge in [-0.3, -0.25) is 24.0 Å². The van der Waals surface area contributed by atoms with Gasteiger partial charge in [-0.2, -0.15) is 0 Å². The van der Waals surface area contributed by atoms with Crippen molar-refractivity contribution >= 4 is 35.6 Å². The summed E-state index contributed by atoms with van der Waals surface area (Å²) in [5, 5.41) is 40.7. The number of aliphatic carboxylic acids is 2. The molecule has 0 aliphatic carbocycles. The van der Waals surface area contributed by atoms with Gasteiger partial charge in [0.1, 0.15) is 24.2 Å². The molecule has 1 aliphatic rings. The Bertz CT molecular complexity index is 868. The van der Waals surface area contributed by atoms with Crippen LogP contribution >= 0.6 is 0 Å². The first-order valence-corrected chi connectivity index (χ1v) is 13.4. The van der Waals surface area contributed by atoms with Crippen LogP contribution in [0.3, 0.4) is 0 Å². The minimum atomic E-state index is -1.66. The normalized spacial score (nSPS) is 17.6. The number of carbonyl (C=O) groups is 6. The SMILES string of the molecule is NCCCC[C@H](NC(=O)[C@H](CCCCN)NC(=O)[C@H](CC(=O)O)NC(=O)[C@H](CO)NC(=O)[C@@H]1CCCN1)C(=O)O. The van der Waals surface area contributed by atoms with E-state index in [9.17, 15) is 44.1 Å². The fourth-order valence-electron chi connectivity index (χ4n) is 4.09. The van der Waals surface area contributed by atoms with Crippen LogP contribution in [0.2, 0.25) is 0 Å². The molecule has 1 fully saturated rings. The summed E-state index contributed by atoms with van der Waals surface area (Å²) in [5.74, 6) is -6.03. The van der Waals surface area contributed by atoms with Gasteiger partial charge in [0.15, 0.2) is 0 Å². The molecule has 4 amide bonds. The number of nitrogens with one attached hydrogen (secondary N) is 5. The predicted octanol–water partition coefficient (Wildman–Crippen LogP) is -3.51. The lowest BCUT2D eigenvalue weighted by Crippen LogP contribution is -2.59. The number of aliphatic hydroxyl groups excluding tert-OH is 1. The fourth-order valence-corrected chi connectivity index (χ4v) is 4.09. The van der Waals surface area contributed by atoms with E-state index in [2.05, 4.69) is 26.6 Å². The number of nitrogens with two attached hydrogens (primary N) is 2. The number of rotatable bonds is 20. The first-order valence-electron chi connectivity index (χ1n) is 13.4. The molecule has 0 bridgehead atoms. The Kier molecular flexibility index (Phi) is 16.4. The van der Waals surface area contributed by atoms with E-state index >= 15 is 0 Å². The van der Waals surface area contributed by atoms with Gasteiger partial charge in [-0.15, -0.1) is 0 Å². The van der Waals surface area contributed by atoms with E-state index in [0.717, 1.165) is 6.42 Å². The van der Waals surface area contributed by atoms with Crippen molar-refractivity contribution in [2.45, 2.75) is 88.0 Å². The number of hydrogen-bond acceptors (Lipinski definition) is 10. The van der Waals surface area contributed by atoms with Crippen molar-refractivity contribution in [1.82, 2.24) is 26.6 Å². The molecule has 1 aliphatic heterocycles. The number of carbonyl (C=O) groups excluding carboxylic acids is 4. The zero-order valence-electron chi connectivity index (χ0n) is 22.5. The molecule has 40 heavy (non-hydrogen) atoms. The van der Waals surface area contributed by atoms with E-state index in [1.807, 2.05) is 0 Å². The maximum absolute atomic E-state index is 13.1. The smallest absolute Gasteiger partial charge is 0.326 e. The van der Waals surface area contributed by atoms with E-state index in [1.165, 1.54) is 0 Å². The van der Waals surface area contributed by atoms with Crippen LogP contribution in [0.4, 0.5) is 0 Å². The summed E-state index contributed by atoms with van der Waals surface area (Å²) in [6.45, 7) is 0.473. The number of carboxylic acids is 2. The molecule has 1 heterocycles. The monoisotopic (exact) mass is 573 g/mol. The van der Waals surface area contributed by atoms with Crippen molar-refractivity contribution in [2.75, 3.05) is 26.2 Å². The van der Waals surface area contributed by atoms with Gasteiger partial charge in [0.2, 0.25) is 23.6 Å². The minimum Gasteiger partial charge on any atom is -0.481 e. The lowest BCUT2D eigenvalue weighted by Gasteiger charge is -2.25. The molecule has 16 nitrogen and oxygen atoms in total. The fraction of sp³-hybridized carbons (Fsp3) is 0.750. The Labute approximate surface area is 232 Å². The van der Waals surface area contributed by atoms with Crippen LogP contribution in [-0.4, -0.2) is 107 Å². The van der Waals surface area contributed by atoms with E-state index in [1.54, 1.807) is 0 Å². The van der Waals surface area contributed by atoms with E-state index in [-0.39, 0.29) is 12.8 Å². The molecule has 1 rings (SSSR count). The summed E-state index contributed by atoms with van der Waals surface area (Å²) in [6, 6.07) is -6.13. The Hall–Kier alpha value is -3.34. The summed E-state index contributed by atoms with van der Waals surface area (Å²) in [7, 11) is 0. The molecular formula is C24H43N7O9. The van der Waals surface area contributed by atoms with Gasteiger partial charge >= 0.3 is 11.9 Å². The second-order valence-corrected chi connectivity index (χ2v) is 9.58. The van der Waals surface area contributed by atoms with E-state index in [0.29, 0.717) is 51.7 Å². The van der Waals surface area contributed by atoms with Gasteiger partial charge in [0.05, 0.1) is 19.1 Å². The first-order chi connectivity index (χ1) is 19.0. The number of unbranched alkanes of at least 4 members (excludes halogenated alkanes) is 2. The number of carboxylic acid groups (broad SMARTS) is 2. The molecule has 0 unspecified atom stereocenters. The average Bonchev–Trinajstić information content (AvgIpc) is 3.45. The highest BCUT2D eigenvalue weighted by Gasteiger charge is 2.33. The Balaban J connectivity index is 2.97. The van der Waals surface area contributed by atoms with Gasteiger partial charge in [-0.1, -0.05) is 0 Å². The molecule has 228 valence electrons. The number of amides is 4.